The first-order valence-electron chi connectivity index (χ1n) is 5.59. The predicted molar refractivity (Wildman–Crippen MR) is 66.9 cm³/mol. The Morgan fingerprint density at radius 2 is 2.25 bits per heavy atom. The fraction of sp³-hybridized carbons (Fsp3) is 0.636. The van der Waals surface area contributed by atoms with Gasteiger partial charge in [0.1, 0.15) is 5.82 Å². The molecule has 0 radical (unpaired) electrons. The van der Waals surface area contributed by atoms with Gasteiger partial charge in [0.2, 0.25) is 0 Å². The lowest BCUT2D eigenvalue weighted by Crippen LogP contribution is -2.28. The van der Waals surface area contributed by atoms with Gasteiger partial charge in [-0.15, -0.1) is 0 Å². The van der Waals surface area contributed by atoms with E-state index in [0.717, 1.165) is 43.2 Å². The van der Waals surface area contributed by atoms with E-state index in [1.165, 1.54) is 0 Å². The molecule has 1 fully saturated rings. The number of nitrogens with zero attached hydrogens (tertiary/aromatic N) is 1. The molecule has 0 spiro atoms. The van der Waals surface area contributed by atoms with Gasteiger partial charge in [-0.05, 0) is 32.2 Å². The van der Waals surface area contributed by atoms with Crippen molar-refractivity contribution >= 4 is 11.8 Å². The van der Waals surface area contributed by atoms with Gasteiger partial charge in [0.15, 0.2) is 0 Å². The van der Waals surface area contributed by atoms with Gasteiger partial charge >= 0.3 is 0 Å². The van der Waals surface area contributed by atoms with Crippen LogP contribution in [0.5, 0.6) is 0 Å². The second-order valence-corrected chi connectivity index (χ2v) is 4.94. The number of rotatable bonds is 3. The van der Waals surface area contributed by atoms with Crippen molar-refractivity contribution in [3.05, 3.63) is 27.9 Å². The molecule has 0 aromatic carbocycles. The third-order valence-electron chi connectivity index (χ3n) is 2.85. The molecule has 16 heavy (non-hydrogen) atoms. The smallest absolute Gasteiger partial charge is 0.251 e. The molecule has 88 valence electrons. The predicted octanol–water partition coefficient (Wildman–Crippen LogP) is 1.10. The summed E-state index contributed by atoms with van der Waals surface area (Å²) in [5.41, 5.74) is 0.946. The van der Waals surface area contributed by atoms with Crippen molar-refractivity contribution in [2.24, 2.45) is 0 Å². The molecule has 1 aromatic rings. The highest BCUT2D eigenvalue weighted by Crippen LogP contribution is 2.22. The molecule has 0 saturated carbocycles. The number of hydrogen-bond donors (Lipinski definition) is 2. The van der Waals surface area contributed by atoms with Crippen LogP contribution in [0, 0.1) is 0 Å². The molecular formula is C11H17N3OS. The summed E-state index contributed by atoms with van der Waals surface area (Å²) >= 11 is 1.67. The van der Waals surface area contributed by atoms with Crippen LogP contribution in [0.1, 0.15) is 30.3 Å². The van der Waals surface area contributed by atoms with Crippen LogP contribution >= 0.6 is 11.8 Å². The van der Waals surface area contributed by atoms with E-state index < -0.39 is 0 Å². The molecule has 4 nitrogen and oxygen atoms in total. The first kappa shape index (κ1) is 11.7. The second-order valence-electron chi connectivity index (χ2n) is 4.07. The molecule has 1 saturated heterocycles. The normalized spacial score (nSPS) is 17.6. The monoisotopic (exact) mass is 239 g/mol. The van der Waals surface area contributed by atoms with Gasteiger partial charge in [0.25, 0.3) is 5.56 Å². The molecule has 0 bridgehead atoms. The van der Waals surface area contributed by atoms with Crippen LogP contribution in [-0.2, 0) is 5.75 Å². The van der Waals surface area contributed by atoms with E-state index in [1.54, 1.807) is 17.8 Å². The minimum Gasteiger partial charge on any atom is -0.317 e. The summed E-state index contributed by atoms with van der Waals surface area (Å²) in [6.07, 6.45) is 4.17. The Morgan fingerprint density at radius 3 is 2.94 bits per heavy atom. The summed E-state index contributed by atoms with van der Waals surface area (Å²) in [7, 11) is 0. The van der Waals surface area contributed by atoms with Crippen LogP contribution in [0.25, 0.3) is 0 Å². The van der Waals surface area contributed by atoms with E-state index in [0.29, 0.717) is 5.92 Å². The number of piperidine rings is 1. The highest BCUT2D eigenvalue weighted by molar-refractivity contribution is 7.97. The summed E-state index contributed by atoms with van der Waals surface area (Å²) in [5, 5.41) is 3.32. The highest BCUT2D eigenvalue weighted by Gasteiger charge is 2.17. The van der Waals surface area contributed by atoms with E-state index in [2.05, 4.69) is 15.3 Å². The maximum absolute atomic E-state index is 11.5. The van der Waals surface area contributed by atoms with E-state index in [9.17, 15) is 4.79 Å². The molecule has 2 rings (SSSR count). The Labute approximate surface area is 99.3 Å². The zero-order chi connectivity index (χ0) is 11.4. The van der Waals surface area contributed by atoms with Crippen molar-refractivity contribution < 1.29 is 0 Å². The summed E-state index contributed by atoms with van der Waals surface area (Å²) in [5.74, 6) is 2.02. The second kappa shape index (κ2) is 5.50. The van der Waals surface area contributed by atoms with E-state index in [-0.39, 0.29) is 5.56 Å². The van der Waals surface area contributed by atoms with Crippen LogP contribution in [0.4, 0.5) is 0 Å². The Bertz CT molecular complexity index is 398. The van der Waals surface area contributed by atoms with E-state index in [1.807, 2.05) is 6.26 Å². The quantitative estimate of drug-likeness (QED) is 0.829. The SMILES string of the molecule is CSCc1nc(C2CCNCC2)cc(=O)[nH]1. The van der Waals surface area contributed by atoms with Crippen molar-refractivity contribution in [1.29, 1.82) is 0 Å². The van der Waals surface area contributed by atoms with Gasteiger partial charge < -0.3 is 10.3 Å². The van der Waals surface area contributed by atoms with E-state index in [4.69, 9.17) is 0 Å². The largest absolute Gasteiger partial charge is 0.317 e. The highest BCUT2D eigenvalue weighted by atomic mass is 32.2. The Balaban J connectivity index is 2.21. The van der Waals surface area contributed by atoms with Crippen LogP contribution in [0.2, 0.25) is 0 Å². The number of nitrogens with one attached hydrogen (secondary N) is 2. The molecule has 0 atom stereocenters. The van der Waals surface area contributed by atoms with E-state index >= 15 is 0 Å². The fourth-order valence-electron chi connectivity index (χ4n) is 2.06. The number of H-pyrrole nitrogens is 1. The molecule has 5 heteroatoms. The molecule has 0 unspecified atom stereocenters. The van der Waals surface area contributed by atoms with Crippen molar-refractivity contribution in [3.8, 4) is 0 Å². The van der Waals surface area contributed by atoms with Crippen molar-refractivity contribution in [3.63, 3.8) is 0 Å². The van der Waals surface area contributed by atoms with Crippen LogP contribution in [0.15, 0.2) is 10.9 Å². The third-order valence-corrected chi connectivity index (χ3v) is 3.41. The minimum atomic E-state index is -0.0208. The summed E-state index contributed by atoms with van der Waals surface area (Å²) in [6, 6.07) is 1.65. The maximum atomic E-state index is 11.5. The lowest BCUT2D eigenvalue weighted by atomic mass is 9.94. The zero-order valence-corrected chi connectivity index (χ0v) is 10.3. The van der Waals surface area contributed by atoms with Gasteiger partial charge in [-0.2, -0.15) is 11.8 Å². The topological polar surface area (TPSA) is 57.8 Å². The van der Waals surface area contributed by atoms with Gasteiger partial charge in [0.05, 0.1) is 11.4 Å². The molecule has 2 N–H and O–H groups in total. The molecular weight excluding hydrogens is 222 g/mol. The molecule has 0 amide bonds. The maximum Gasteiger partial charge on any atom is 0.251 e. The van der Waals surface area contributed by atoms with Gasteiger partial charge in [-0.25, -0.2) is 4.98 Å². The zero-order valence-electron chi connectivity index (χ0n) is 9.45. The summed E-state index contributed by atoms with van der Waals surface area (Å²) < 4.78 is 0. The first-order valence-corrected chi connectivity index (χ1v) is 6.99. The Hall–Kier alpha value is -0.810. The van der Waals surface area contributed by atoms with Crippen LogP contribution < -0.4 is 10.9 Å². The Kier molecular flexibility index (Phi) is 4.01. The third kappa shape index (κ3) is 2.86. The standard InChI is InChI=1S/C11H17N3OS/c1-16-7-10-13-9(6-11(15)14-10)8-2-4-12-5-3-8/h6,8,12H,2-5,7H2,1H3,(H,13,14,15). The minimum absolute atomic E-state index is 0.0208. The van der Waals surface area contributed by atoms with Crippen LogP contribution in [0.3, 0.4) is 0 Å². The van der Waals surface area contributed by atoms with Gasteiger partial charge in [0, 0.05) is 12.0 Å². The molecule has 1 aliphatic heterocycles. The molecule has 0 aliphatic carbocycles. The lowest BCUT2D eigenvalue weighted by molar-refractivity contribution is 0.451. The van der Waals surface area contributed by atoms with Gasteiger partial charge in [-0.3, -0.25) is 4.79 Å². The molecule has 2 heterocycles. The Morgan fingerprint density at radius 1 is 1.50 bits per heavy atom. The number of aromatic amines is 1. The van der Waals surface area contributed by atoms with Crippen molar-refractivity contribution in [1.82, 2.24) is 15.3 Å². The van der Waals surface area contributed by atoms with Crippen molar-refractivity contribution in [2.75, 3.05) is 19.3 Å². The number of thioether (sulfide) groups is 1. The number of aromatic nitrogens is 2. The van der Waals surface area contributed by atoms with Crippen molar-refractivity contribution in [2.45, 2.75) is 24.5 Å². The van der Waals surface area contributed by atoms with Gasteiger partial charge in [-0.1, -0.05) is 0 Å². The van der Waals surface area contributed by atoms with Crippen LogP contribution in [-0.4, -0.2) is 29.3 Å². The first-order chi connectivity index (χ1) is 7.79. The average Bonchev–Trinajstić information content (AvgIpc) is 2.30. The molecule has 1 aliphatic rings. The molecule has 1 aromatic heterocycles. The lowest BCUT2D eigenvalue weighted by Gasteiger charge is -2.22. The fourth-order valence-corrected chi connectivity index (χ4v) is 2.47. The average molecular weight is 239 g/mol. The summed E-state index contributed by atoms with van der Waals surface area (Å²) in [4.78, 5) is 18.8. The number of hydrogen-bond acceptors (Lipinski definition) is 4. The summed E-state index contributed by atoms with van der Waals surface area (Å²) in [6.45, 7) is 2.05.